The van der Waals surface area contributed by atoms with Crippen LogP contribution in [0.3, 0.4) is 0 Å². The summed E-state index contributed by atoms with van der Waals surface area (Å²) in [5.41, 5.74) is 1.94. The maximum atomic E-state index is 11.0. The van der Waals surface area contributed by atoms with Gasteiger partial charge < -0.3 is 5.11 Å². The molecule has 1 N–H and O–H groups in total. The average molecular weight is 280 g/mol. The van der Waals surface area contributed by atoms with E-state index in [4.69, 9.17) is 0 Å². The van der Waals surface area contributed by atoms with E-state index in [2.05, 4.69) is 18.0 Å². The lowest BCUT2D eigenvalue weighted by Crippen LogP contribution is -2.25. The van der Waals surface area contributed by atoms with Gasteiger partial charge in [-0.2, -0.15) is 5.26 Å². The molecule has 3 nitrogen and oxygen atoms in total. The van der Waals surface area contributed by atoms with E-state index in [-0.39, 0.29) is 0 Å². The standard InChI is InChI=1S/C18H20N2O/c1-12-7-8-18(10-12,11-19)17(21)15-9-13(2)20-16-6-4-3-5-14(15)16/h3-6,9,12,17,21H,7-8,10H2,1-2H3. The minimum atomic E-state index is -0.751. The monoisotopic (exact) mass is 280 g/mol. The summed E-state index contributed by atoms with van der Waals surface area (Å²) in [6, 6.07) is 12.2. The Morgan fingerprint density at radius 1 is 1.43 bits per heavy atom. The smallest absolute Gasteiger partial charge is 0.0983 e. The molecule has 3 rings (SSSR count). The largest absolute Gasteiger partial charge is 0.387 e. The Morgan fingerprint density at radius 3 is 2.86 bits per heavy atom. The molecule has 1 heterocycles. The molecule has 0 radical (unpaired) electrons. The number of aliphatic hydroxyl groups excluding tert-OH is 1. The fourth-order valence-corrected chi connectivity index (χ4v) is 3.61. The number of aliphatic hydroxyl groups is 1. The summed E-state index contributed by atoms with van der Waals surface area (Å²) in [4.78, 5) is 4.51. The van der Waals surface area contributed by atoms with Crippen LogP contribution in [0.1, 0.15) is 43.5 Å². The Morgan fingerprint density at radius 2 is 2.19 bits per heavy atom. The molecule has 1 aliphatic rings. The predicted octanol–water partition coefficient (Wildman–Crippen LogP) is 3.91. The lowest BCUT2D eigenvalue weighted by molar-refractivity contribution is 0.0659. The number of benzene rings is 1. The third-order valence-electron chi connectivity index (χ3n) is 4.71. The molecule has 1 saturated carbocycles. The van der Waals surface area contributed by atoms with Crippen LogP contribution in [-0.2, 0) is 0 Å². The van der Waals surface area contributed by atoms with Gasteiger partial charge in [-0.1, -0.05) is 25.1 Å². The predicted molar refractivity (Wildman–Crippen MR) is 82.5 cm³/mol. The van der Waals surface area contributed by atoms with Crippen LogP contribution < -0.4 is 0 Å². The summed E-state index contributed by atoms with van der Waals surface area (Å²) < 4.78 is 0. The Labute approximate surface area is 125 Å². The van der Waals surface area contributed by atoms with Gasteiger partial charge in [0.15, 0.2) is 0 Å². The fraction of sp³-hybridized carbons (Fsp3) is 0.444. The highest BCUT2D eigenvalue weighted by Gasteiger charge is 2.45. The highest BCUT2D eigenvalue weighted by molar-refractivity contribution is 5.82. The van der Waals surface area contributed by atoms with Gasteiger partial charge in [0.05, 0.1) is 23.1 Å². The van der Waals surface area contributed by atoms with E-state index in [1.165, 1.54) is 0 Å². The summed E-state index contributed by atoms with van der Waals surface area (Å²) >= 11 is 0. The van der Waals surface area contributed by atoms with Gasteiger partial charge in [0, 0.05) is 11.1 Å². The lowest BCUT2D eigenvalue weighted by Gasteiger charge is -2.28. The SMILES string of the molecule is Cc1cc(C(O)C2(C#N)CCC(C)C2)c2ccccc2n1. The highest BCUT2D eigenvalue weighted by Crippen LogP contribution is 2.50. The molecule has 0 spiro atoms. The third-order valence-corrected chi connectivity index (χ3v) is 4.71. The fourth-order valence-electron chi connectivity index (χ4n) is 3.61. The second kappa shape index (κ2) is 5.13. The second-order valence-electron chi connectivity index (χ2n) is 6.39. The molecule has 1 aliphatic carbocycles. The van der Waals surface area contributed by atoms with Crippen molar-refractivity contribution in [1.82, 2.24) is 4.98 Å². The van der Waals surface area contributed by atoms with Crippen LogP contribution in [0.15, 0.2) is 30.3 Å². The van der Waals surface area contributed by atoms with Crippen molar-refractivity contribution in [2.24, 2.45) is 11.3 Å². The van der Waals surface area contributed by atoms with E-state index in [9.17, 15) is 10.4 Å². The van der Waals surface area contributed by atoms with E-state index in [0.717, 1.165) is 41.4 Å². The number of nitrogens with zero attached hydrogens (tertiary/aromatic N) is 2. The Balaban J connectivity index is 2.14. The van der Waals surface area contributed by atoms with E-state index < -0.39 is 11.5 Å². The molecule has 2 aromatic rings. The quantitative estimate of drug-likeness (QED) is 0.907. The first-order chi connectivity index (χ1) is 10.1. The molecule has 0 aliphatic heterocycles. The topological polar surface area (TPSA) is 56.9 Å². The average Bonchev–Trinajstić information content (AvgIpc) is 2.88. The zero-order chi connectivity index (χ0) is 15.0. The molecular formula is C18H20N2O. The van der Waals surface area contributed by atoms with Crippen LogP contribution in [0.25, 0.3) is 10.9 Å². The van der Waals surface area contributed by atoms with Crippen LogP contribution in [0.5, 0.6) is 0 Å². The van der Waals surface area contributed by atoms with Gasteiger partial charge in [-0.15, -0.1) is 0 Å². The van der Waals surface area contributed by atoms with Gasteiger partial charge in [-0.3, -0.25) is 4.98 Å². The first-order valence-corrected chi connectivity index (χ1v) is 7.51. The van der Waals surface area contributed by atoms with Crippen molar-refractivity contribution in [2.75, 3.05) is 0 Å². The van der Waals surface area contributed by atoms with Gasteiger partial charge in [0.1, 0.15) is 0 Å². The summed E-state index contributed by atoms with van der Waals surface area (Å²) in [6.07, 6.45) is 1.79. The summed E-state index contributed by atoms with van der Waals surface area (Å²) in [5, 5.41) is 21.6. The number of nitriles is 1. The zero-order valence-corrected chi connectivity index (χ0v) is 12.5. The molecule has 3 unspecified atom stereocenters. The molecule has 0 amide bonds. The number of hydrogen-bond donors (Lipinski definition) is 1. The molecule has 3 heteroatoms. The Hall–Kier alpha value is -1.92. The van der Waals surface area contributed by atoms with Crippen LogP contribution >= 0.6 is 0 Å². The van der Waals surface area contributed by atoms with Crippen molar-refractivity contribution in [3.8, 4) is 6.07 Å². The number of hydrogen-bond acceptors (Lipinski definition) is 3. The van der Waals surface area contributed by atoms with Crippen LogP contribution in [-0.4, -0.2) is 10.1 Å². The van der Waals surface area contributed by atoms with Gasteiger partial charge in [-0.25, -0.2) is 0 Å². The van der Waals surface area contributed by atoms with E-state index in [1.54, 1.807) is 0 Å². The Bertz CT molecular complexity index is 719. The molecule has 108 valence electrons. The van der Waals surface area contributed by atoms with E-state index in [0.29, 0.717) is 5.92 Å². The zero-order valence-electron chi connectivity index (χ0n) is 12.5. The number of pyridine rings is 1. The van der Waals surface area contributed by atoms with Crippen molar-refractivity contribution in [2.45, 2.75) is 39.2 Å². The first kappa shape index (κ1) is 14.0. The molecule has 3 atom stereocenters. The summed E-state index contributed by atoms with van der Waals surface area (Å²) in [7, 11) is 0. The van der Waals surface area contributed by atoms with Gasteiger partial charge in [-0.05, 0) is 49.8 Å². The van der Waals surface area contributed by atoms with Gasteiger partial charge >= 0.3 is 0 Å². The van der Waals surface area contributed by atoms with Gasteiger partial charge in [0.2, 0.25) is 0 Å². The normalized spacial score (nSPS) is 26.7. The number of para-hydroxylation sites is 1. The van der Waals surface area contributed by atoms with Crippen LogP contribution in [0.2, 0.25) is 0 Å². The van der Waals surface area contributed by atoms with Gasteiger partial charge in [0.25, 0.3) is 0 Å². The molecule has 21 heavy (non-hydrogen) atoms. The molecular weight excluding hydrogens is 260 g/mol. The Kier molecular flexibility index (Phi) is 3.43. The second-order valence-corrected chi connectivity index (χ2v) is 6.39. The summed E-state index contributed by atoms with van der Waals surface area (Å²) in [5.74, 6) is 0.494. The van der Waals surface area contributed by atoms with Crippen molar-refractivity contribution in [3.63, 3.8) is 0 Å². The maximum Gasteiger partial charge on any atom is 0.0983 e. The maximum absolute atomic E-state index is 11.0. The molecule has 0 bridgehead atoms. The third kappa shape index (κ3) is 2.30. The number of aromatic nitrogens is 1. The van der Waals surface area contributed by atoms with E-state index >= 15 is 0 Å². The van der Waals surface area contributed by atoms with Crippen molar-refractivity contribution in [1.29, 1.82) is 5.26 Å². The molecule has 0 saturated heterocycles. The highest BCUT2D eigenvalue weighted by atomic mass is 16.3. The van der Waals surface area contributed by atoms with Crippen LogP contribution in [0.4, 0.5) is 0 Å². The minimum absolute atomic E-state index is 0.494. The van der Waals surface area contributed by atoms with Crippen molar-refractivity contribution in [3.05, 3.63) is 41.6 Å². The van der Waals surface area contributed by atoms with Crippen LogP contribution in [0, 0.1) is 29.6 Å². The molecule has 1 aromatic carbocycles. The van der Waals surface area contributed by atoms with Crippen molar-refractivity contribution >= 4 is 10.9 Å². The van der Waals surface area contributed by atoms with Crippen molar-refractivity contribution < 1.29 is 5.11 Å². The lowest BCUT2D eigenvalue weighted by atomic mass is 9.77. The number of rotatable bonds is 2. The first-order valence-electron chi connectivity index (χ1n) is 7.51. The number of fused-ring (bicyclic) bond motifs is 1. The molecule has 1 fully saturated rings. The molecule has 1 aromatic heterocycles. The summed E-state index contributed by atoms with van der Waals surface area (Å²) in [6.45, 7) is 4.08. The minimum Gasteiger partial charge on any atom is -0.387 e. The van der Waals surface area contributed by atoms with E-state index in [1.807, 2.05) is 37.3 Å². The number of aryl methyl sites for hydroxylation is 1.